The van der Waals surface area contributed by atoms with Crippen LogP contribution >= 0.6 is 0 Å². The number of nitrogens with two attached hydrogens (primary N) is 1. The molecule has 0 aliphatic carbocycles. The third kappa shape index (κ3) is 2.59. The van der Waals surface area contributed by atoms with E-state index in [9.17, 15) is 5.11 Å². The molecule has 0 aliphatic rings. The van der Waals surface area contributed by atoms with Crippen LogP contribution in [0.4, 0.5) is 0 Å². The molecule has 0 saturated carbocycles. The fourth-order valence-electron chi connectivity index (χ4n) is 2.42. The Bertz CT molecular complexity index is 590. The Balaban J connectivity index is 2.63. The first-order valence-corrected chi connectivity index (χ1v) is 6.75. The summed E-state index contributed by atoms with van der Waals surface area (Å²) in [6, 6.07) is 3.85. The quantitative estimate of drug-likeness (QED) is 0.848. The summed E-state index contributed by atoms with van der Waals surface area (Å²) in [5, 5.41) is 10.9. The second-order valence-electron chi connectivity index (χ2n) is 4.82. The Morgan fingerprint density at radius 3 is 2.45 bits per heavy atom. The molecule has 3 N–H and O–H groups in total. The van der Waals surface area contributed by atoms with Gasteiger partial charge >= 0.3 is 0 Å². The molecular formula is C15H22N2O3. The molecule has 0 spiro atoms. The predicted molar refractivity (Wildman–Crippen MR) is 79.3 cm³/mol. The summed E-state index contributed by atoms with van der Waals surface area (Å²) in [7, 11) is 3.23. The van der Waals surface area contributed by atoms with E-state index < -0.39 is 6.10 Å². The summed E-state index contributed by atoms with van der Waals surface area (Å²) in [6.45, 7) is 3.21. The molecule has 110 valence electrons. The van der Waals surface area contributed by atoms with E-state index in [1.54, 1.807) is 21.1 Å². The molecule has 0 aliphatic heterocycles. The van der Waals surface area contributed by atoms with Gasteiger partial charge in [-0.3, -0.25) is 0 Å². The van der Waals surface area contributed by atoms with Crippen molar-refractivity contribution >= 4 is 10.9 Å². The zero-order valence-corrected chi connectivity index (χ0v) is 12.2. The van der Waals surface area contributed by atoms with Crippen LogP contribution in [0.25, 0.3) is 10.9 Å². The van der Waals surface area contributed by atoms with E-state index in [1.165, 1.54) is 0 Å². The van der Waals surface area contributed by atoms with Gasteiger partial charge in [0.25, 0.3) is 0 Å². The maximum Gasteiger partial charge on any atom is 0.162 e. The lowest BCUT2D eigenvalue weighted by atomic mass is 10.1. The van der Waals surface area contributed by atoms with Crippen molar-refractivity contribution in [2.45, 2.75) is 26.0 Å². The molecule has 1 heterocycles. The zero-order valence-electron chi connectivity index (χ0n) is 12.2. The SMILES string of the molecule is COc1cc2c(C(C)O)cn(CCCN)c2cc1OC. The monoisotopic (exact) mass is 278 g/mol. The van der Waals surface area contributed by atoms with Gasteiger partial charge in [0, 0.05) is 29.8 Å². The molecule has 0 fully saturated rings. The Labute approximate surface area is 118 Å². The molecule has 0 saturated heterocycles. The van der Waals surface area contributed by atoms with Crippen molar-refractivity contribution in [1.82, 2.24) is 4.57 Å². The standard InChI is InChI=1S/C15H22N2O3/c1-10(18)12-9-17(6-4-5-16)13-8-15(20-3)14(19-2)7-11(12)13/h7-10,18H,4-6,16H2,1-3H3. The number of ether oxygens (including phenoxy) is 2. The Kier molecular flexibility index (Phi) is 4.52. The van der Waals surface area contributed by atoms with E-state index >= 15 is 0 Å². The number of methoxy groups -OCH3 is 2. The molecule has 5 heteroatoms. The largest absolute Gasteiger partial charge is 0.493 e. The minimum Gasteiger partial charge on any atom is -0.493 e. The second-order valence-corrected chi connectivity index (χ2v) is 4.82. The number of aromatic nitrogens is 1. The van der Waals surface area contributed by atoms with Gasteiger partial charge in [0.05, 0.1) is 25.8 Å². The lowest BCUT2D eigenvalue weighted by Gasteiger charge is -2.10. The molecule has 0 bridgehead atoms. The lowest BCUT2D eigenvalue weighted by Crippen LogP contribution is -2.05. The third-order valence-corrected chi connectivity index (χ3v) is 3.47. The number of hydrogen-bond donors (Lipinski definition) is 2. The highest BCUT2D eigenvalue weighted by molar-refractivity contribution is 5.87. The first-order chi connectivity index (χ1) is 9.62. The van der Waals surface area contributed by atoms with Gasteiger partial charge in [-0.15, -0.1) is 0 Å². The molecule has 0 radical (unpaired) electrons. The topological polar surface area (TPSA) is 69.6 Å². The van der Waals surface area contributed by atoms with E-state index in [0.717, 1.165) is 29.4 Å². The van der Waals surface area contributed by atoms with E-state index in [-0.39, 0.29) is 0 Å². The molecule has 5 nitrogen and oxygen atoms in total. The first-order valence-electron chi connectivity index (χ1n) is 6.75. The van der Waals surface area contributed by atoms with Crippen molar-refractivity contribution in [2.75, 3.05) is 20.8 Å². The van der Waals surface area contributed by atoms with Crippen LogP contribution in [-0.2, 0) is 6.54 Å². The van der Waals surface area contributed by atoms with E-state index in [2.05, 4.69) is 4.57 Å². The smallest absolute Gasteiger partial charge is 0.162 e. The third-order valence-electron chi connectivity index (χ3n) is 3.47. The number of benzene rings is 1. The number of aliphatic hydroxyl groups is 1. The van der Waals surface area contributed by atoms with Gasteiger partial charge in [-0.2, -0.15) is 0 Å². The molecule has 0 amide bonds. The van der Waals surface area contributed by atoms with E-state index in [4.69, 9.17) is 15.2 Å². The fourth-order valence-corrected chi connectivity index (χ4v) is 2.42. The van der Waals surface area contributed by atoms with Gasteiger partial charge in [-0.1, -0.05) is 0 Å². The van der Waals surface area contributed by atoms with Crippen LogP contribution in [0, 0.1) is 0 Å². The van der Waals surface area contributed by atoms with Crippen LogP contribution in [0.15, 0.2) is 18.3 Å². The highest BCUT2D eigenvalue weighted by atomic mass is 16.5. The van der Waals surface area contributed by atoms with Crippen molar-refractivity contribution in [1.29, 1.82) is 0 Å². The van der Waals surface area contributed by atoms with Crippen LogP contribution in [0.2, 0.25) is 0 Å². The van der Waals surface area contributed by atoms with Crippen LogP contribution in [0.1, 0.15) is 25.0 Å². The van der Waals surface area contributed by atoms with Gasteiger partial charge < -0.3 is 24.9 Å². The van der Waals surface area contributed by atoms with Gasteiger partial charge in [0.1, 0.15) is 0 Å². The molecular weight excluding hydrogens is 256 g/mol. The van der Waals surface area contributed by atoms with Gasteiger partial charge in [0.15, 0.2) is 11.5 Å². The summed E-state index contributed by atoms with van der Waals surface area (Å²) in [4.78, 5) is 0. The molecule has 20 heavy (non-hydrogen) atoms. The summed E-state index contributed by atoms with van der Waals surface area (Å²) in [5.41, 5.74) is 7.49. The Morgan fingerprint density at radius 2 is 1.90 bits per heavy atom. The Morgan fingerprint density at radius 1 is 1.25 bits per heavy atom. The average molecular weight is 278 g/mol. The highest BCUT2D eigenvalue weighted by Crippen LogP contribution is 2.36. The normalized spacial score (nSPS) is 12.7. The van der Waals surface area contributed by atoms with Crippen molar-refractivity contribution < 1.29 is 14.6 Å². The van der Waals surface area contributed by atoms with E-state index in [1.807, 2.05) is 18.3 Å². The zero-order chi connectivity index (χ0) is 14.7. The van der Waals surface area contributed by atoms with Crippen molar-refractivity contribution in [2.24, 2.45) is 5.73 Å². The number of nitrogens with zero attached hydrogens (tertiary/aromatic N) is 1. The molecule has 2 aromatic rings. The number of rotatable bonds is 6. The number of aliphatic hydroxyl groups excluding tert-OH is 1. The van der Waals surface area contributed by atoms with Crippen LogP contribution in [-0.4, -0.2) is 30.4 Å². The van der Waals surface area contributed by atoms with Crippen molar-refractivity contribution in [3.8, 4) is 11.5 Å². The van der Waals surface area contributed by atoms with Crippen molar-refractivity contribution in [3.05, 3.63) is 23.9 Å². The second kappa shape index (κ2) is 6.15. The lowest BCUT2D eigenvalue weighted by molar-refractivity contribution is 0.200. The summed E-state index contributed by atoms with van der Waals surface area (Å²) in [5.74, 6) is 1.35. The maximum atomic E-state index is 9.94. The minimum atomic E-state index is -0.533. The number of fused-ring (bicyclic) bond motifs is 1. The number of aryl methyl sites for hydroxylation is 1. The highest BCUT2D eigenvalue weighted by Gasteiger charge is 2.16. The van der Waals surface area contributed by atoms with Crippen LogP contribution < -0.4 is 15.2 Å². The minimum absolute atomic E-state index is 0.533. The molecule has 2 rings (SSSR count). The van der Waals surface area contributed by atoms with E-state index in [0.29, 0.717) is 18.0 Å². The summed E-state index contributed by atoms with van der Waals surface area (Å²) < 4.78 is 12.8. The van der Waals surface area contributed by atoms with Gasteiger partial charge in [0.2, 0.25) is 0 Å². The molecule has 1 aromatic carbocycles. The average Bonchev–Trinajstić information content (AvgIpc) is 2.81. The van der Waals surface area contributed by atoms with Crippen molar-refractivity contribution in [3.63, 3.8) is 0 Å². The molecule has 1 aromatic heterocycles. The number of hydrogen-bond acceptors (Lipinski definition) is 4. The summed E-state index contributed by atoms with van der Waals surface area (Å²) in [6.07, 6.45) is 2.33. The van der Waals surface area contributed by atoms with Gasteiger partial charge in [-0.05, 0) is 26.0 Å². The molecule has 1 atom stereocenters. The predicted octanol–water partition coefficient (Wildman–Crippen LogP) is 2.06. The molecule has 1 unspecified atom stereocenters. The van der Waals surface area contributed by atoms with Gasteiger partial charge in [-0.25, -0.2) is 0 Å². The Hall–Kier alpha value is -1.72. The van der Waals surface area contributed by atoms with Crippen LogP contribution in [0.5, 0.6) is 11.5 Å². The van der Waals surface area contributed by atoms with Crippen LogP contribution in [0.3, 0.4) is 0 Å². The first kappa shape index (κ1) is 14.7. The maximum absolute atomic E-state index is 9.94. The fraction of sp³-hybridized carbons (Fsp3) is 0.467. The summed E-state index contributed by atoms with van der Waals surface area (Å²) >= 11 is 0.